The van der Waals surface area contributed by atoms with Gasteiger partial charge in [0.05, 0.1) is 29.9 Å². The van der Waals surface area contributed by atoms with Crippen LogP contribution in [-0.2, 0) is 13.1 Å². The van der Waals surface area contributed by atoms with Crippen LogP contribution >= 0.6 is 39.1 Å². The molecule has 1 N–H and O–H groups in total. The fourth-order valence-corrected chi connectivity index (χ4v) is 3.86. The highest BCUT2D eigenvalue weighted by Crippen LogP contribution is 2.20. The van der Waals surface area contributed by atoms with Crippen LogP contribution in [0.15, 0.2) is 64.3 Å². The maximum atomic E-state index is 12.8. The van der Waals surface area contributed by atoms with Gasteiger partial charge in [-0.2, -0.15) is 5.10 Å². The molecule has 0 atom stereocenters. The number of rotatable bonds is 6. The predicted octanol–water partition coefficient (Wildman–Crippen LogP) is 4.14. The first-order valence-electron chi connectivity index (χ1n) is 9.31. The number of carbonyl (C=O) groups is 1. The molecule has 0 aliphatic carbocycles. The Morgan fingerprint density at radius 2 is 1.90 bits per heavy atom. The molecule has 0 aliphatic heterocycles. The molecule has 2 heterocycles. The lowest BCUT2D eigenvalue weighted by Gasteiger charge is -2.08. The predicted molar refractivity (Wildman–Crippen MR) is 124 cm³/mol. The van der Waals surface area contributed by atoms with Gasteiger partial charge in [0, 0.05) is 16.0 Å². The molecular weight excluding hydrogens is 505 g/mol. The Morgan fingerprint density at radius 3 is 2.65 bits per heavy atom. The second-order valence-electron chi connectivity index (χ2n) is 6.79. The molecule has 1 amide bonds. The van der Waals surface area contributed by atoms with Crippen molar-refractivity contribution in [3.63, 3.8) is 0 Å². The van der Waals surface area contributed by atoms with E-state index in [-0.39, 0.29) is 23.0 Å². The lowest BCUT2D eigenvalue weighted by Crippen LogP contribution is -2.28. The van der Waals surface area contributed by atoms with Crippen molar-refractivity contribution < 1.29 is 4.79 Å². The SMILES string of the molecule is O=C(NCCn1ncc2c(=O)n(Cc3ccc(Br)cc3)cnc21)c1ccc(Cl)cc1Cl. The van der Waals surface area contributed by atoms with Gasteiger partial charge >= 0.3 is 0 Å². The van der Waals surface area contributed by atoms with E-state index in [2.05, 4.69) is 31.3 Å². The third-order valence-corrected chi connectivity index (χ3v) is 5.75. The van der Waals surface area contributed by atoms with Gasteiger partial charge in [-0.1, -0.05) is 51.3 Å². The number of halogens is 3. The number of aromatic nitrogens is 4. The Kier molecular flexibility index (Phi) is 6.41. The van der Waals surface area contributed by atoms with Gasteiger partial charge in [0.25, 0.3) is 11.5 Å². The summed E-state index contributed by atoms with van der Waals surface area (Å²) in [5.41, 5.74) is 1.62. The van der Waals surface area contributed by atoms with Gasteiger partial charge < -0.3 is 5.32 Å². The average molecular weight is 521 g/mol. The van der Waals surface area contributed by atoms with Gasteiger partial charge in [-0.25, -0.2) is 9.67 Å². The highest BCUT2D eigenvalue weighted by molar-refractivity contribution is 9.10. The highest BCUT2D eigenvalue weighted by atomic mass is 79.9. The van der Waals surface area contributed by atoms with E-state index in [4.69, 9.17) is 23.2 Å². The average Bonchev–Trinajstić information content (AvgIpc) is 3.15. The summed E-state index contributed by atoms with van der Waals surface area (Å²) in [5, 5.41) is 8.20. The van der Waals surface area contributed by atoms with Crippen molar-refractivity contribution >= 4 is 56.1 Å². The molecule has 2 aromatic heterocycles. The topological polar surface area (TPSA) is 81.8 Å². The van der Waals surface area contributed by atoms with Crippen LogP contribution < -0.4 is 10.9 Å². The van der Waals surface area contributed by atoms with Crippen LogP contribution in [-0.4, -0.2) is 31.8 Å². The Hall–Kier alpha value is -2.68. The van der Waals surface area contributed by atoms with Crippen molar-refractivity contribution in [2.75, 3.05) is 6.54 Å². The third-order valence-electron chi connectivity index (χ3n) is 4.67. The quantitative estimate of drug-likeness (QED) is 0.414. The Bertz CT molecular complexity index is 1320. The molecule has 7 nitrogen and oxygen atoms in total. The first-order valence-corrected chi connectivity index (χ1v) is 10.9. The van der Waals surface area contributed by atoms with Crippen LogP contribution in [0.1, 0.15) is 15.9 Å². The van der Waals surface area contributed by atoms with Crippen LogP contribution in [0.5, 0.6) is 0 Å². The van der Waals surface area contributed by atoms with Gasteiger partial charge in [-0.3, -0.25) is 14.2 Å². The monoisotopic (exact) mass is 519 g/mol. The standard InChI is InChI=1S/C21H16BrCl2N5O2/c22-14-3-1-13(2-4-14)11-28-12-26-19-17(21(28)31)10-27-29(19)8-7-25-20(30)16-6-5-15(23)9-18(16)24/h1-6,9-10,12H,7-8,11H2,(H,25,30). The number of hydrogen-bond donors (Lipinski definition) is 1. The second kappa shape index (κ2) is 9.21. The maximum Gasteiger partial charge on any atom is 0.264 e. The molecule has 0 aliphatic rings. The molecular formula is C21H16BrCl2N5O2. The van der Waals surface area contributed by atoms with Gasteiger partial charge in [0.1, 0.15) is 11.7 Å². The number of nitrogens with zero attached hydrogens (tertiary/aromatic N) is 4. The fourth-order valence-electron chi connectivity index (χ4n) is 3.10. The second-order valence-corrected chi connectivity index (χ2v) is 8.55. The summed E-state index contributed by atoms with van der Waals surface area (Å²) in [6, 6.07) is 12.4. The minimum Gasteiger partial charge on any atom is -0.350 e. The summed E-state index contributed by atoms with van der Waals surface area (Å²) in [6.07, 6.45) is 3.01. The molecule has 158 valence electrons. The number of benzene rings is 2. The fraction of sp³-hybridized carbons (Fsp3) is 0.143. The summed E-state index contributed by atoms with van der Waals surface area (Å²) in [4.78, 5) is 29.5. The number of carbonyl (C=O) groups excluding carboxylic acids is 1. The molecule has 0 saturated carbocycles. The van der Waals surface area contributed by atoms with Crippen molar-refractivity contribution in [3.05, 3.63) is 91.0 Å². The van der Waals surface area contributed by atoms with Gasteiger partial charge in [0.15, 0.2) is 5.65 Å². The summed E-state index contributed by atoms with van der Waals surface area (Å²) in [6.45, 7) is 1.06. The summed E-state index contributed by atoms with van der Waals surface area (Å²) < 4.78 is 4.11. The van der Waals surface area contributed by atoms with E-state index in [1.165, 1.54) is 18.6 Å². The van der Waals surface area contributed by atoms with Crippen molar-refractivity contribution in [1.29, 1.82) is 0 Å². The van der Waals surface area contributed by atoms with E-state index in [1.807, 2.05) is 24.3 Å². The molecule has 31 heavy (non-hydrogen) atoms. The normalized spacial score (nSPS) is 11.1. The van der Waals surface area contributed by atoms with E-state index < -0.39 is 0 Å². The van der Waals surface area contributed by atoms with Crippen LogP contribution in [0.3, 0.4) is 0 Å². The Labute approximate surface area is 195 Å². The lowest BCUT2D eigenvalue weighted by atomic mass is 10.2. The zero-order chi connectivity index (χ0) is 22.0. The maximum absolute atomic E-state index is 12.8. The molecule has 0 unspecified atom stereocenters. The Balaban J connectivity index is 1.45. The molecule has 10 heteroatoms. The zero-order valence-electron chi connectivity index (χ0n) is 16.1. The van der Waals surface area contributed by atoms with Gasteiger partial charge in [0.2, 0.25) is 0 Å². The van der Waals surface area contributed by atoms with E-state index in [0.717, 1.165) is 10.0 Å². The van der Waals surface area contributed by atoms with E-state index >= 15 is 0 Å². The van der Waals surface area contributed by atoms with E-state index in [9.17, 15) is 9.59 Å². The molecule has 4 aromatic rings. The number of hydrogen-bond acceptors (Lipinski definition) is 4. The number of fused-ring (bicyclic) bond motifs is 1. The number of amides is 1. The van der Waals surface area contributed by atoms with Crippen molar-refractivity contribution in [3.8, 4) is 0 Å². The largest absolute Gasteiger partial charge is 0.350 e. The van der Waals surface area contributed by atoms with Crippen LogP contribution in [0, 0.1) is 0 Å². The summed E-state index contributed by atoms with van der Waals surface area (Å²) >= 11 is 15.3. The smallest absolute Gasteiger partial charge is 0.264 e. The molecule has 0 spiro atoms. The zero-order valence-corrected chi connectivity index (χ0v) is 19.2. The van der Waals surface area contributed by atoms with Crippen molar-refractivity contribution in [2.24, 2.45) is 0 Å². The van der Waals surface area contributed by atoms with E-state index in [1.54, 1.807) is 21.4 Å². The van der Waals surface area contributed by atoms with Crippen molar-refractivity contribution in [1.82, 2.24) is 24.6 Å². The van der Waals surface area contributed by atoms with Gasteiger partial charge in [-0.15, -0.1) is 0 Å². The molecule has 0 fully saturated rings. The van der Waals surface area contributed by atoms with E-state index in [0.29, 0.717) is 34.7 Å². The van der Waals surface area contributed by atoms with Crippen molar-refractivity contribution in [2.45, 2.75) is 13.1 Å². The highest BCUT2D eigenvalue weighted by Gasteiger charge is 2.13. The molecule has 4 rings (SSSR count). The summed E-state index contributed by atoms with van der Waals surface area (Å²) in [5.74, 6) is -0.317. The minimum atomic E-state index is -0.317. The van der Waals surface area contributed by atoms with Gasteiger partial charge in [-0.05, 0) is 35.9 Å². The summed E-state index contributed by atoms with van der Waals surface area (Å²) in [7, 11) is 0. The van der Waals surface area contributed by atoms with Crippen LogP contribution in [0.4, 0.5) is 0 Å². The first kappa shape index (κ1) is 21.5. The first-order chi connectivity index (χ1) is 14.9. The Morgan fingerprint density at radius 1 is 1.13 bits per heavy atom. The molecule has 0 saturated heterocycles. The lowest BCUT2D eigenvalue weighted by molar-refractivity contribution is 0.0952. The minimum absolute atomic E-state index is 0.170. The number of nitrogens with one attached hydrogen (secondary N) is 1. The third kappa shape index (κ3) is 4.81. The molecule has 0 radical (unpaired) electrons. The van der Waals surface area contributed by atoms with Crippen LogP contribution in [0.2, 0.25) is 10.0 Å². The molecule has 2 aromatic carbocycles. The molecule has 0 bridgehead atoms. The van der Waals surface area contributed by atoms with Crippen LogP contribution in [0.25, 0.3) is 11.0 Å².